The molecule has 0 spiro atoms. The summed E-state index contributed by atoms with van der Waals surface area (Å²) < 4.78 is 0. The fraction of sp³-hybridized carbons (Fsp3) is 0.100. The quantitative estimate of drug-likeness (QED) is 0.575. The van der Waals surface area contributed by atoms with Crippen LogP contribution in [-0.4, -0.2) is 28.8 Å². The average Bonchev–Trinajstić information content (AvgIpc) is 2.72. The summed E-state index contributed by atoms with van der Waals surface area (Å²) in [5, 5.41) is 6.29. The lowest BCUT2D eigenvalue weighted by Gasteiger charge is -2.09. The molecule has 0 unspecified atom stereocenters. The molecule has 7 nitrogen and oxygen atoms in total. The molecule has 4 N–H and O–H groups in total. The molecule has 0 aliphatic heterocycles. The lowest BCUT2D eigenvalue weighted by molar-refractivity contribution is 0.0945. The number of nitrogens with two attached hydrogens (primary N) is 1. The first-order valence-corrected chi connectivity index (χ1v) is 9.32. The van der Waals surface area contributed by atoms with E-state index in [4.69, 9.17) is 28.9 Å². The van der Waals surface area contributed by atoms with E-state index < -0.39 is 5.91 Å². The SMILES string of the molecule is CNC(=O)c1nc(-c2cccc(C(=O)NCc3ccc(Cl)cc3Cl)c2)cnc1N. The predicted molar refractivity (Wildman–Crippen MR) is 113 cm³/mol. The molecule has 0 bridgehead atoms. The molecule has 3 aromatic rings. The van der Waals surface area contributed by atoms with Gasteiger partial charge < -0.3 is 16.4 Å². The Morgan fingerprint density at radius 1 is 1.10 bits per heavy atom. The maximum atomic E-state index is 12.6. The summed E-state index contributed by atoms with van der Waals surface area (Å²) in [7, 11) is 1.48. The molecule has 0 radical (unpaired) electrons. The van der Waals surface area contributed by atoms with Crippen molar-refractivity contribution >= 4 is 40.8 Å². The molecule has 0 aliphatic rings. The third-order valence-corrected chi connectivity index (χ3v) is 4.70. The molecule has 2 amide bonds. The van der Waals surface area contributed by atoms with Crippen molar-refractivity contribution in [1.29, 1.82) is 0 Å². The molecule has 0 fully saturated rings. The smallest absolute Gasteiger partial charge is 0.273 e. The van der Waals surface area contributed by atoms with Crippen molar-refractivity contribution in [3.63, 3.8) is 0 Å². The summed E-state index contributed by atoms with van der Waals surface area (Å²) in [6.45, 7) is 0.252. The molecule has 9 heteroatoms. The number of benzene rings is 2. The van der Waals surface area contributed by atoms with Crippen LogP contribution in [0.1, 0.15) is 26.4 Å². The van der Waals surface area contributed by atoms with Gasteiger partial charge in [0.15, 0.2) is 11.5 Å². The first-order chi connectivity index (χ1) is 13.9. The van der Waals surface area contributed by atoms with Crippen molar-refractivity contribution in [2.24, 2.45) is 0 Å². The highest BCUT2D eigenvalue weighted by Crippen LogP contribution is 2.22. The normalized spacial score (nSPS) is 10.4. The second-order valence-corrected chi connectivity index (χ2v) is 6.91. The fourth-order valence-corrected chi connectivity index (χ4v) is 3.06. The standard InChI is InChI=1S/C20H17Cl2N5O2/c1-24-20(29)17-18(23)25-10-16(27-17)11-3-2-4-12(7-11)19(28)26-9-13-5-6-14(21)8-15(13)22/h2-8,10H,9H2,1H3,(H2,23,25)(H,24,29)(H,26,28). The Kier molecular flexibility index (Phi) is 6.31. The van der Waals surface area contributed by atoms with Gasteiger partial charge in [-0.3, -0.25) is 9.59 Å². The molecule has 0 saturated carbocycles. The zero-order valence-corrected chi connectivity index (χ0v) is 16.9. The molecule has 1 aromatic heterocycles. The molecule has 148 valence electrons. The van der Waals surface area contributed by atoms with E-state index in [9.17, 15) is 9.59 Å². The van der Waals surface area contributed by atoms with Crippen molar-refractivity contribution in [1.82, 2.24) is 20.6 Å². The van der Waals surface area contributed by atoms with E-state index in [2.05, 4.69) is 20.6 Å². The van der Waals surface area contributed by atoms with E-state index in [0.29, 0.717) is 26.9 Å². The lowest BCUT2D eigenvalue weighted by Crippen LogP contribution is -2.23. The number of carbonyl (C=O) groups excluding carboxylic acids is 2. The fourth-order valence-electron chi connectivity index (χ4n) is 2.59. The number of rotatable bonds is 5. The topological polar surface area (TPSA) is 110 Å². The second kappa shape index (κ2) is 8.89. The van der Waals surface area contributed by atoms with Gasteiger partial charge in [-0.15, -0.1) is 0 Å². The van der Waals surface area contributed by atoms with Gasteiger partial charge >= 0.3 is 0 Å². The van der Waals surface area contributed by atoms with Gasteiger partial charge in [0.25, 0.3) is 11.8 Å². The lowest BCUT2D eigenvalue weighted by atomic mass is 10.1. The molecule has 2 aromatic carbocycles. The maximum Gasteiger partial charge on any atom is 0.273 e. The van der Waals surface area contributed by atoms with Crippen LogP contribution in [-0.2, 0) is 6.54 Å². The number of hydrogen-bond acceptors (Lipinski definition) is 5. The highest BCUT2D eigenvalue weighted by molar-refractivity contribution is 6.35. The highest BCUT2D eigenvalue weighted by atomic mass is 35.5. The van der Waals surface area contributed by atoms with Crippen molar-refractivity contribution < 1.29 is 9.59 Å². The molecule has 3 rings (SSSR count). The first kappa shape index (κ1) is 20.6. The number of nitrogens with zero attached hydrogens (tertiary/aromatic N) is 2. The Labute approximate surface area is 177 Å². The molecular formula is C20H17Cl2N5O2. The number of nitrogens with one attached hydrogen (secondary N) is 2. The van der Waals surface area contributed by atoms with Crippen LogP contribution in [0.5, 0.6) is 0 Å². The Morgan fingerprint density at radius 2 is 1.90 bits per heavy atom. The summed E-state index contributed by atoms with van der Waals surface area (Å²) in [4.78, 5) is 32.7. The number of aromatic nitrogens is 2. The number of carbonyl (C=O) groups is 2. The van der Waals surface area contributed by atoms with Crippen molar-refractivity contribution in [2.45, 2.75) is 6.54 Å². The largest absolute Gasteiger partial charge is 0.382 e. The Morgan fingerprint density at radius 3 is 2.62 bits per heavy atom. The van der Waals surface area contributed by atoms with E-state index in [1.807, 2.05) is 0 Å². The summed E-state index contributed by atoms with van der Waals surface area (Å²) in [5.74, 6) is -0.694. The van der Waals surface area contributed by atoms with Crippen LogP contribution in [0.15, 0.2) is 48.7 Å². The van der Waals surface area contributed by atoms with Crippen LogP contribution in [0, 0.1) is 0 Å². The number of nitrogen functional groups attached to an aromatic ring is 1. The molecule has 1 heterocycles. The molecule has 0 aliphatic carbocycles. The summed E-state index contributed by atoms with van der Waals surface area (Å²) in [5.41, 5.74) is 7.97. The number of amides is 2. The van der Waals surface area contributed by atoms with Gasteiger partial charge in [0.05, 0.1) is 11.9 Å². The molecule has 29 heavy (non-hydrogen) atoms. The van der Waals surface area contributed by atoms with Gasteiger partial charge in [-0.05, 0) is 29.8 Å². The van der Waals surface area contributed by atoms with Gasteiger partial charge in [-0.2, -0.15) is 0 Å². The van der Waals surface area contributed by atoms with E-state index in [-0.39, 0.29) is 24.0 Å². The van der Waals surface area contributed by atoms with Crippen LogP contribution < -0.4 is 16.4 Å². The average molecular weight is 430 g/mol. The van der Waals surface area contributed by atoms with Crippen LogP contribution in [0.4, 0.5) is 5.82 Å². The third kappa shape index (κ3) is 4.82. The Balaban J connectivity index is 1.80. The summed E-state index contributed by atoms with van der Waals surface area (Å²) in [6.07, 6.45) is 1.45. The minimum absolute atomic E-state index is 0.0252. The van der Waals surface area contributed by atoms with E-state index >= 15 is 0 Å². The zero-order valence-electron chi connectivity index (χ0n) is 15.4. The van der Waals surface area contributed by atoms with Gasteiger partial charge in [0, 0.05) is 34.8 Å². The molecule has 0 atom stereocenters. The summed E-state index contributed by atoms with van der Waals surface area (Å²) in [6, 6.07) is 11.9. The number of halogens is 2. The summed E-state index contributed by atoms with van der Waals surface area (Å²) >= 11 is 12.0. The molecule has 0 saturated heterocycles. The van der Waals surface area contributed by atoms with Crippen molar-refractivity contribution in [3.05, 3.63) is 75.5 Å². The monoisotopic (exact) mass is 429 g/mol. The highest BCUT2D eigenvalue weighted by Gasteiger charge is 2.14. The zero-order chi connectivity index (χ0) is 21.0. The Bertz CT molecular complexity index is 1090. The van der Waals surface area contributed by atoms with Gasteiger partial charge in [0.2, 0.25) is 0 Å². The van der Waals surface area contributed by atoms with Crippen LogP contribution in [0.2, 0.25) is 10.0 Å². The second-order valence-electron chi connectivity index (χ2n) is 6.07. The van der Waals surface area contributed by atoms with Gasteiger partial charge in [-0.25, -0.2) is 9.97 Å². The van der Waals surface area contributed by atoms with Crippen LogP contribution >= 0.6 is 23.2 Å². The van der Waals surface area contributed by atoms with Crippen molar-refractivity contribution in [3.8, 4) is 11.3 Å². The van der Waals surface area contributed by atoms with Crippen molar-refractivity contribution in [2.75, 3.05) is 12.8 Å². The van der Waals surface area contributed by atoms with E-state index in [1.165, 1.54) is 13.2 Å². The van der Waals surface area contributed by atoms with E-state index in [1.54, 1.807) is 42.5 Å². The van der Waals surface area contributed by atoms with E-state index in [0.717, 1.165) is 5.56 Å². The maximum absolute atomic E-state index is 12.6. The molecular weight excluding hydrogens is 413 g/mol. The minimum atomic E-state index is -0.439. The predicted octanol–water partition coefficient (Wildman–Crippen LogP) is 3.32. The Hall–Kier alpha value is -3.16. The first-order valence-electron chi connectivity index (χ1n) is 8.56. The minimum Gasteiger partial charge on any atom is -0.382 e. The third-order valence-electron chi connectivity index (χ3n) is 4.12. The van der Waals surface area contributed by atoms with Crippen LogP contribution in [0.3, 0.4) is 0 Å². The van der Waals surface area contributed by atoms with Crippen LogP contribution in [0.25, 0.3) is 11.3 Å². The number of anilines is 1. The van der Waals surface area contributed by atoms with Gasteiger partial charge in [0.1, 0.15) is 0 Å². The number of hydrogen-bond donors (Lipinski definition) is 3. The van der Waals surface area contributed by atoms with Gasteiger partial charge in [-0.1, -0.05) is 41.4 Å².